The molecule has 3 nitrogen and oxygen atoms in total. The molecule has 0 N–H and O–H groups in total. The van der Waals surface area contributed by atoms with Crippen molar-refractivity contribution in [1.82, 2.24) is 0 Å². The molecule has 0 aromatic rings. The van der Waals surface area contributed by atoms with Crippen LogP contribution in [-0.2, 0) is 14.3 Å². The molecule has 2 aliphatic rings. The van der Waals surface area contributed by atoms with E-state index in [-0.39, 0.29) is 11.8 Å². The molecular formula is C14H16O3. The third-order valence-corrected chi connectivity index (χ3v) is 3.43. The highest BCUT2D eigenvalue weighted by atomic mass is 16.6. The van der Waals surface area contributed by atoms with E-state index in [4.69, 9.17) is 4.74 Å². The Morgan fingerprint density at radius 1 is 1.35 bits per heavy atom. The maximum Gasteiger partial charge on any atom is 0.343 e. The van der Waals surface area contributed by atoms with Crippen LogP contribution in [0.4, 0.5) is 0 Å². The Bertz CT molecular complexity index is 480. The zero-order valence-electron chi connectivity index (χ0n) is 10.4. The third kappa shape index (κ3) is 1.86. The Hall–Kier alpha value is -1.64. The standard InChI is InChI=1S/C14H16O3/c1-7(2)5-10-6-8(3)9(4)11-12(10)14(16)17-13(11)15/h6,9-10H,1,5H2,2-4H3. The Kier molecular flexibility index (Phi) is 2.77. The molecule has 17 heavy (non-hydrogen) atoms. The highest BCUT2D eigenvalue weighted by Gasteiger charge is 2.41. The third-order valence-electron chi connectivity index (χ3n) is 3.43. The summed E-state index contributed by atoms with van der Waals surface area (Å²) in [5.41, 5.74) is 3.19. The average Bonchev–Trinajstić information content (AvgIpc) is 2.49. The maximum absolute atomic E-state index is 11.7. The van der Waals surface area contributed by atoms with Gasteiger partial charge in [-0.05, 0) is 20.3 Å². The molecule has 1 heterocycles. The van der Waals surface area contributed by atoms with E-state index in [1.807, 2.05) is 20.8 Å². The van der Waals surface area contributed by atoms with Crippen LogP contribution < -0.4 is 0 Å². The molecule has 0 saturated heterocycles. The zero-order valence-corrected chi connectivity index (χ0v) is 10.4. The molecule has 0 spiro atoms. The van der Waals surface area contributed by atoms with Gasteiger partial charge in [-0.15, -0.1) is 6.58 Å². The monoisotopic (exact) mass is 232 g/mol. The number of hydrogen-bond donors (Lipinski definition) is 0. The smallest absolute Gasteiger partial charge is 0.343 e. The van der Waals surface area contributed by atoms with Crippen LogP contribution in [0.25, 0.3) is 0 Å². The van der Waals surface area contributed by atoms with Gasteiger partial charge >= 0.3 is 11.9 Å². The second kappa shape index (κ2) is 3.99. The van der Waals surface area contributed by atoms with Crippen molar-refractivity contribution in [3.63, 3.8) is 0 Å². The molecular weight excluding hydrogens is 216 g/mol. The van der Waals surface area contributed by atoms with Crippen LogP contribution in [0.3, 0.4) is 0 Å². The Balaban J connectivity index is 2.46. The number of carbonyl (C=O) groups excluding carboxylic acids is 2. The predicted octanol–water partition coefficient (Wildman–Crippen LogP) is 2.54. The minimum Gasteiger partial charge on any atom is -0.386 e. The second-order valence-electron chi connectivity index (χ2n) is 4.90. The molecule has 2 atom stereocenters. The van der Waals surface area contributed by atoms with E-state index in [0.29, 0.717) is 17.6 Å². The fourth-order valence-electron chi connectivity index (χ4n) is 2.48. The zero-order chi connectivity index (χ0) is 12.7. The van der Waals surface area contributed by atoms with E-state index >= 15 is 0 Å². The minimum absolute atomic E-state index is 0.0229. The summed E-state index contributed by atoms with van der Waals surface area (Å²) in [5.74, 6) is -1.04. The van der Waals surface area contributed by atoms with Gasteiger partial charge in [0.2, 0.25) is 0 Å². The molecule has 0 saturated carbocycles. The summed E-state index contributed by atoms with van der Waals surface area (Å²) in [6.07, 6.45) is 2.74. The number of cyclic esters (lactones) is 2. The Morgan fingerprint density at radius 3 is 2.53 bits per heavy atom. The van der Waals surface area contributed by atoms with Crippen LogP contribution in [0.5, 0.6) is 0 Å². The topological polar surface area (TPSA) is 43.4 Å². The van der Waals surface area contributed by atoms with Crippen molar-refractivity contribution < 1.29 is 14.3 Å². The molecule has 0 bridgehead atoms. The molecule has 2 rings (SSSR count). The van der Waals surface area contributed by atoms with Crippen LogP contribution in [0.15, 0.2) is 34.9 Å². The van der Waals surface area contributed by atoms with E-state index in [2.05, 4.69) is 12.7 Å². The summed E-state index contributed by atoms with van der Waals surface area (Å²) in [5, 5.41) is 0. The average molecular weight is 232 g/mol. The number of hydrogen-bond acceptors (Lipinski definition) is 3. The molecule has 0 fully saturated rings. The first-order valence-electron chi connectivity index (χ1n) is 5.75. The van der Waals surface area contributed by atoms with Crippen LogP contribution in [-0.4, -0.2) is 11.9 Å². The maximum atomic E-state index is 11.7. The highest BCUT2D eigenvalue weighted by molar-refractivity contribution is 6.13. The van der Waals surface area contributed by atoms with Gasteiger partial charge in [-0.3, -0.25) is 0 Å². The molecule has 0 aromatic carbocycles. The number of rotatable bonds is 2. The lowest BCUT2D eigenvalue weighted by Gasteiger charge is -2.24. The molecule has 90 valence electrons. The van der Waals surface area contributed by atoms with Crippen molar-refractivity contribution in [3.05, 3.63) is 34.9 Å². The number of allylic oxidation sites excluding steroid dienone is 3. The molecule has 1 aliphatic heterocycles. The molecule has 3 heteroatoms. The first kappa shape index (κ1) is 11.8. The molecule has 0 radical (unpaired) electrons. The van der Waals surface area contributed by atoms with Crippen molar-refractivity contribution in [3.8, 4) is 0 Å². The Morgan fingerprint density at radius 2 is 1.94 bits per heavy atom. The fourth-order valence-corrected chi connectivity index (χ4v) is 2.48. The van der Waals surface area contributed by atoms with Crippen LogP contribution in [0.1, 0.15) is 27.2 Å². The lowest BCUT2D eigenvalue weighted by atomic mass is 9.77. The van der Waals surface area contributed by atoms with Crippen molar-refractivity contribution in [1.29, 1.82) is 0 Å². The van der Waals surface area contributed by atoms with E-state index in [1.54, 1.807) is 0 Å². The normalized spacial score (nSPS) is 27.8. The molecule has 0 amide bonds. The summed E-state index contributed by atoms with van der Waals surface area (Å²) in [4.78, 5) is 23.4. The first-order chi connectivity index (χ1) is 7.91. The van der Waals surface area contributed by atoms with E-state index in [1.165, 1.54) is 0 Å². The lowest BCUT2D eigenvalue weighted by Crippen LogP contribution is -2.18. The van der Waals surface area contributed by atoms with Gasteiger partial charge in [0.05, 0.1) is 11.1 Å². The van der Waals surface area contributed by atoms with Gasteiger partial charge in [0.15, 0.2) is 0 Å². The van der Waals surface area contributed by atoms with Gasteiger partial charge < -0.3 is 4.74 Å². The molecule has 2 unspecified atom stereocenters. The fraction of sp³-hybridized carbons (Fsp3) is 0.429. The second-order valence-corrected chi connectivity index (χ2v) is 4.90. The van der Waals surface area contributed by atoms with Crippen molar-refractivity contribution in [2.24, 2.45) is 11.8 Å². The summed E-state index contributed by atoms with van der Waals surface area (Å²) in [7, 11) is 0. The van der Waals surface area contributed by atoms with Crippen molar-refractivity contribution in [2.75, 3.05) is 0 Å². The summed E-state index contributed by atoms with van der Waals surface area (Å²) in [6, 6.07) is 0. The van der Waals surface area contributed by atoms with Crippen LogP contribution >= 0.6 is 0 Å². The van der Waals surface area contributed by atoms with Gasteiger partial charge in [-0.25, -0.2) is 9.59 Å². The van der Waals surface area contributed by atoms with E-state index < -0.39 is 11.9 Å². The quantitative estimate of drug-likeness (QED) is 0.417. The van der Waals surface area contributed by atoms with Crippen molar-refractivity contribution >= 4 is 11.9 Å². The SMILES string of the molecule is C=C(C)CC1C=C(C)C(C)C2=C1C(=O)OC2=O. The van der Waals surface area contributed by atoms with Gasteiger partial charge in [-0.1, -0.05) is 24.1 Å². The Labute approximate surface area is 101 Å². The highest BCUT2D eigenvalue weighted by Crippen LogP contribution is 2.40. The van der Waals surface area contributed by atoms with E-state index in [0.717, 1.165) is 11.1 Å². The number of ether oxygens (including phenoxy) is 1. The van der Waals surface area contributed by atoms with Gasteiger partial charge in [0.25, 0.3) is 0 Å². The first-order valence-corrected chi connectivity index (χ1v) is 5.75. The molecule has 1 aliphatic carbocycles. The van der Waals surface area contributed by atoms with Crippen LogP contribution in [0, 0.1) is 11.8 Å². The number of carbonyl (C=O) groups is 2. The van der Waals surface area contributed by atoms with Gasteiger partial charge in [-0.2, -0.15) is 0 Å². The lowest BCUT2D eigenvalue weighted by molar-refractivity contribution is -0.151. The van der Waals surface area contributed by atoms with Crippen molar-refractivity contribution in [2.45, 2.75) is 27.2 Å². The van der Waals surface area contributed by atoms with E-state index in [9.17, 15) is 9.59 Å². The van der Waals surface area contributed by atoms with Gasteiger partial charge in [0, 0.05) is 11.8 Å². The van der Waals surface area contributed by atoms with Crippen LogP contribution in [0.2, 0.25) is 0 Å². The predicted molar refractivity (Wildman–Crippen MR) is 64.0 cm³/mol. The summed E-state index contributed by atoms with van der Waals surface area (Å²) >= 11 is 0. The minimum atomic E-state index is -0.480. The molecule has 0 aromatic heterocycles. The number of esters is 2. The van der Waals surface area contributed by atoms with Gasteiger partial charge in [0.1, 0.15) is 0 Å². The summed E-state index contributed by atoms with van der Waals surface area (Å²) < 4.78 is 4.72. The largest absolute Gasteiger partial charge is 0.386 e. The summed E-state index contributed by atoms with van der Waals surface area (Å²) in [6.45, 7) is 9.69.